The van der Waals surface area contributed by atoms with E-state index in [0.717, 1.165) is 23.5 Å². The summed E-state index contributed by atoms with van der Waals surface area (Å²) in [6.07, 6.45) is 2.83. The first-order valence-corrected chi connectivity index (χ1v) is 8.24. The Morgan fingerprint density at radius 3 is 2.50 bits per heavy atom. The van der Waals surface area contributed by atoms with Crippen molar-refractivity contribution in [3.8, 4) is 0 Å². The number of carbonyl (C=O) groups is 1. The molecule has 0 aliphatic heterocycles. The van der Waals surface area contributed by atoms with E-state index in [-0.39, 0.29) is 11.6 Å². The minimum absolute atomic E-state index is 0.163. The van der Waals surface area contributed by atoms with Gasteiger partial charge in [0.05, 0.1) is 18.7 Å². The van der Waals surface area contributed by atoms with Gasteiger partial charge in [-0.2, -0.15) is 0 Å². The van der Waals surface area contributed by atoms with Gasteiger partial charge in [0.1, 0.15) is 10.6 Å². The van der Waals surface area contributed by atoms with Gasteiger partial charge >= 0.3 is 5.97 Å². The van der Waals surface area contributed by atoms with E-state index in [2.05, 4.69) is 18.8 Å². The van der Waals surface area contributed by atoms with Gasteiger partial charge in [-0.1, -0.05) is 13.8 Å². The van der Waals surface area contributed by atoms with Crippen molar-refractivity contribution in [3.63, 3.8) is 0 Å². The zero-order chi connectivity index (χ0) is 15.0. The van der Waals surface area contributed by atoms with Crippen molar-refractivity contribution < 1.29 is 14.3 Å². The summed E-state index contributed by atoms with van der Waals surface area (Å²) in [4.78, 5) is 16.0. The van der Waals surface area contributed by atoms with Gasteiger partial charge in [-0.3, -0.25) is 4.79 Å². The molecule has 0 spiro atoms. The number of aryl methyl sites for hydroxylation is 1. The van der Waals surface area contributed by atoms with E-state index < -0.39 is 0 Å². The van der Waals surface area contributed by atoms with Crippen molar-refractivity contribution >= 4 is 17.3 Å². The Morgan fingerprint density at radius 2 is 1.95 bits per heavy atom. The van der Waals surface area contributed by atoms with Gasteiger partial charge in [-0.15, -0.1) is 11.3 Å². The predicted octanol–water partition coefficient (Wildman–Crippen LogP) is 3.69. The zero-order valence-corrected chi connectivity index (χ0v) is 13.7. The number of thiazole rings is 1. The molecule has 0 atom stereocenters. The molecule has 0 aliphatic carbocycles. The molecule has 0 aliphatic rings. The first-order valence-electron chi connectivity index (χ1n) is 7.36. The van der Waals surface area contributed by atoms with Crippen LogP contribution in [0.3, 0.4) is 0 Å². The van der Waals surface area contributed by atoms with Crippen LogP contribution in [0.15, 0.2) is 5.38 Å². The fourth-order valence-corrected chi connectivity index (χ4v) is 3.34. The molecule has 1 rings (SSSR count). The number of aromatic nitrogens is 1. The number of carbonyl (C=O) groups excluding carboxylic acids is 1. The Kier molecular flexibility index (Phi) is 7.16. The van der Waals surface area contributed by atoms with E-state index in [9.17, 15) is 4.79 Å². The van der Waals surface area contributed by atoms with Crippen molar-refractivity contribution in [2.24, 2.45) is 0 Å². The molecule has 0 saturated carbocycles. The summed E-state index contributed by atoms with van der Waals surface area (Å²) in [6.45, 7) is 9.19. The zero-order valence-electron chi connectivity index (χ0n) is 12.9. The van der Waals surface area contributed by atoms with Crippen molar-refractivity contribution in [2.75, 3.05) is 13.2 Å². The standard InChI is InChI=1S/C15H25NO3S/c1-5-15(6-2,19-8-4)14-16-12(11-20-14)9-10-13(17)18-7-3/h11H,5-10H2,1-4H3. The quantitative estimate of drug-likeness (QED) is 0.652. The molecule has 4 nitrogen and oxygen atoms in total. The average Bonchev–Trinajstić information content (AvgIpc) is 2.92. The maximum Gasteiger partial charge on any atom is 0.306 e. The summed E-state index contributed by atoms with van der Waals surface area (Å²) in [5, 5.41) is 3.04. The molecular formula is C15H25NO3S. The molecule has 1 aromatic rings. The second-order valence-electron chi connectivity index (χ2n) is 4.58. The van der Waals surface area contributed by atoms with Crippen LogP contribution in [0.2, 0.25) is 0 Å². The number of esters is 1. The Balaban J connectivity index is 2.72. The maximum atomic E-state index is 11.4. The van der Waals surface area contributed by atoms with Gasteiger partial charge in [-0.25, -0.2) is 4.98 Å². The summed E-state index contributed by atoms with van der Waals surface area (Å²) in [5.41, 5.74) is 0.672. The molecule has 0 N–H and O–H groups in total. The third-order valence-electron chi connectivity index (χ3n) is 3.39. The maximum absolute atomic E-state index is 11.4. The minimum Gasteiger partial charge on any atom is -0.466 e. The fraction of sp³-hybridized carbons (Fsp3) is 0.733. The number of hydrogen-bond donors (Lipinski definition) is 0. The van der Waals surface area contributed by atoms with Crippen LogP contribution in [-0.2, 0) is 26.3 Å². The third kappa shape index (κ3) is 4.28. The summed E-state index contributed by atoms with van der Waals surface area (Å²) in [5.74, 6) is -0.163. The van der Waals surface area contributed by atoms with Crippen molar-refractivity contribution in [1.29, 1.82) is 0 Å². The van der Waals surface area contributed by atoms with E-state index >= 15 is 0 Å². The number of nitrogens with zero attached hydrogens (tertiary/aromatic N) is 1. The van der Waals surface area contributed by atoms with E-state index in [1.54, 1.807) is 11.3 Å². The van der Waals surface area contributed by atoms with E-state index in [1.165, 1.54) is 0 Å². The van der Waals surface area contributed by atoms with Crippen LogP contribution in [0, 0.1) is 0 Å². The topological polar surface area (TPSA) is 48.4 Å². The van der Waals surface area contributed by atoms with Gasteiger partial charge in [-0.05, 0) is 26.7 Å². The highest BCUT2D eigenvalue weighted by Gasteiger charge is 2.32. The Hall–Kier alpha value is -0.940. The van der Waals surface area contributed by atoms with Gasteiger partial charge in [0, 0.05) is 18.4 Å². The normalized spacial score (nSPS) is 11.6. The molecule has 0 aromatic carbocycles. The minimum atomic E-state index is -0.276. The summed E-state index contributed by atoms with van der Waals surface area (Å²) < 4.78 is 10.9. The van der Waals surface area contributed by atoms with Crippen LogP contribution in [0.4, 0.5) is 0 Å². The van der Waals surface area contributed by atoms with Crippen molar-refractivity contribution in [1.82, 2.24) is 4.98 Å². The van der Waals surface area contributed by atoms with E-state index in [0.29, 0.717) is 26.1 Å². The Labute approximate surface area is 125 Å². The van der Waals surface area contributed by atoms with Gasteiger partial charge in [0.2, 0.25) is 0 Å². The predicted molar refractivity (Wildman–Crippen MR) is 81.0 cm³/mol. The molecule has 0 bridgehead atoms. The SMILES string of the molecule is CCOC(=O)CCc1csc(C(CC)(CC)OCC)n1. The van der Waals surface area contributed by atoms with Crippen LogP contribution in [0.5, 0.6) is 0 Å². The van der Waals surface area contributed by atoms with E-state index in [1.807, 2.05) is 19.2 Å². The lowest BCUT2D eigenvalue weighted by Gasteiger charge is -2.29. The summed E-state index contributed by atoms with van der Waals surface area (Å²) in [7, 11) is 0. The number of ether oxygens (including phenoxy) is 2. The molecule has 1 heterocycles. The monoisotopic (exact) mass is 299 g/mol. The van der Waals surface area contributed by atoms with Crippen LogP contribution in [-0.4, -0.2) is 24.2 Å². The van der Waals surface area contributed by atoms with Crippen molar-refractivity contribution in [3.05, 3.63) is 16.1 Å². The highest BCUT2D eigenvalue weighted by molar-refractivity contribution is 7.09. The van der Waals surface area contributed by atoms with Crippen LogP contribution >= 0.6 is 11.3 Å². The summed E-state index contributed by atoms with van der Waals surface area (Å²) in [6, 6.07) is 0. The fourth-order valence-electron chi connectivity index (χ4n) is 2.19. The third-order valence-corrected chi connectivity index (χ3v) is 4.47. The molecule has 0 amide bonds. The number of rotatable bonds is 9. The number of hydrogen-bond acceptors (Lipinski definition) is 5. The highest BCUT2D eigenvalue weighted by atomic mass is 32.1. The second kappa shape index (κ2) is 8.37. The first kappa shape index (κ1) is 17.1. The Morgan fingerprint density at radius 1 is 1.25 bits per heavy atom. The second-order valence-corrected chi connectivity index (χ2v) is 5.44. The van der Waals surface area contributed by atoms with Crippen molar-refractivity contribution in [2.45, 2.75) is 59.0 Å². The lowest BCUT2D eigenvalue weighted by molar-refractivity contribution is -0.143. The Bertz CT molecular complexity index is 413. The average molecular weight is 299 g/mol. The molecule has 1 aromatic heterocycles. The smallest absolute Gasteiger partial charge is 0.306 e. The van der Waals surface area contributed by atoms with E-state index in [4.69, 9.17) is 9.47 Å². The highest BCUT2D eigenvalue weighted by Crippen LogP contribution is 2.35. The lowest BCUT2D eigenvalue weighted by Crippen LogP contribution is -2.28. The van der Waals surface area contributed by atoms with Crippen LogP contribution in [0.1, 0.15) is 57.7 Å². The largest absolute Gasteiger partial charge is 0.466 e. The molecule has 0 fully saturated rings. The molecule has 5 heteroatoms. The molecular weight excluding hydrogens is 274 g/mol. The van der Waals surface area contributed by atoms with Crippen LogP contribution in [0.25, 0.3) is 0 Å². The lowest BCUT2D eigenvalue weighted by atomic mass is 9.98. The van der Waals surface area contributed by atoms with Crippen LogP contribution < -0.4 is 0 Å². The molecule has 20 heavy (non-hydrogen) atoms. The molecule has 0 radical (unpaired) electrons. The van der Waals surface area contributed by atoms with Gasteiger partial charge in [0.15, 0.2) is 0 Å². The van der Waals surface area contributed by atoms with Gasteiger partial charge in [0.25, 0.3) is 0 Å². The molecule has 0 unspecified atom stereocenters. The summed E-state index contributed by atoms with van der Waals surface area (Å²) >= 11 is 1.62. The van der Waals surface area contributed by atoms with Gasteiger partial charge < -0.3 is 9.47 Å². The molecule has 114 valence electrons. The first-order chi connectivity index (χ1) is 9.61. The molecule has 0 saturated heterocycles.